The van der Waals surface area contributed by atoms with Gasteiger partial charge in [-0.25, -0.2) is 9.78 Å². The molecule has 0 aliphatic carbocycles. The molecule has 3 aromatic rings. The minimum absolute atomic E-state index is 0.313. The molecule has 4 nitrogen and oxygen atoms in total. The van der Waals surface area contributed by atoms with Crippen molar-refractivity contribution in [3.63, 3.8) is 0 Å². The molecule has 0 unspecified atom stereocenters. The average Bonchev–Trinajstić information content (AvgIpc) is 3.03. The van der Waals surface area contributed by atoms with Gasteiger partial charge < -0.3 is 9.84 Å². The van der Waals surface area contributed by atoms with Gasteiger partial charge in [-0.05, 0) is 67.8 Å². The summed E-state index contributed by atoms with van der Waals surface area (Å²) in [5.74, 6) is 0.611. The van der Waals surface area contributed by atoms with E-state index in [-0.39, 0.29) is 0 Å². The monoisotopic (exact) mass is 353 g/mol. The number of carbonyl (C=O) groups is 1. The summed E-state index contributed by atoms with van der Waals surface area (Å²) in [6.07, 6.45) is 0.603. The lowest BCUT2D eigenvalue weighted by Gasteiger charge is -2.08. The van der Waals surface area contributed by atoms with Crippen molar-refractivity contribution in [3.8, 4) is 22.1 Å². The van der Waals surface area contributed by atoms with E-state index in [1.807, 2.05) is 49.4 Å². The van der Waals surface area contributed by atoms with Gasteiger partial charge in [0.15, 0.2) is 0 Å². The number of benzene rings is 2. The van der Waals surface area contributed by atoms with Crippen molar-refractivity contribution < 1.29 is 14.6 Å². The third kappa shape index (κ3) is 3.72. The highest BCUT2D eigenvalue weighted by Crippen LogP contribution is 2.31. The number of hydrogen-bond donors (Lipinski definition) is 1. The van der Waals surface area contributed by atoms with Gasteiger partial charge in [-0.1, -0.05) is 13.0 Å². The second-order valence-corrected chi connectivity index (χ2v) is 6.83. The Hall–Kier alpha value is -2.66. The van der Waals surface area contributed by atoms with Crippen molar-refractivity contribution >= 4 is 17.3 Å². The summed E-state index contributed by atoms with van der Waals surface area (Å²) >= 11 is 1.21. The van der Waals surface area contributed by atoms with E-state index in [0.29, 0.717) is 22.0 Å². The van der Waals surface area contributed by atoms with Crippen molar-refractivity contribution in [3.05, 3.63) is 64.2 Å². The van der Waals surface area contributed by atoms with Crippen LogP contribution in [-0.2, 0) is 6.42 Å². The number of aryl methyl sites for hydroxylation is 3. The molecule has 128 valence electrons. The Bertz CT molecular complexity index is 913. The zero-order valence-corrected chi connectivity index (χ0v) is 15.2. The molecule has 2 aromatic carbocycles. The van der Waals surface area contributed by atoms with Crippen LogP contribution in [0, 0.1) is 13.8 Å². The Kier molecular flexibility index (Phi) is 4.86. The summed E-state index contributed by atoms with van der Waals surface area (Å²) in [4.78, 5) is 16.0. The van der Waals surface area contributed by atoms with Crippen LogP contribution in [0.2, 0.25) is 0 Å². The fourth-order valence-corrected chi connectivity index (χ4v) is 3.46. The maximum absolute atomic E-state index is 11.3. The number of nitrogens with zero attached hydrogens (tertiary/aromatic N) is 1. The number of ether oxygens (including phenoxy) is 1. The predicted molar refractivity (Wildman–Crippen MR) is 99.9 cm³/mol. The molecule has 0 amide bonds. The molecular formula is C20H19NO3S. The van der Waals surface area contributed by atoms with Crippen LogP contribution in [0.5, 0.6) is 11.5 Å². The Morgan fingerprint density at radius 3 is 2.32 bits per heavy atom. The van der Waals surface area contributed by atoms with Crippen LogP contribution >= 0.6 is 11.3 Å². The number of rotatable bonds is 5. The van der Waals surface area contributed by atoms with E-state index >= 15 is 0 Å². The van der Waals surface area contributed by atoms with E-state index in [2.05, 4.69) is 18.8 Å². The third-order valence-corrected chi connectivity index (χ3v) is 5.18. The summed E-state index contributed by atoms with van der Waals surface area (Å²) in [6.45, 7) is 6.03. The molecule has 1 heterocycles. The van der Waals surface area contributed by atoms with E-state index in [0.717, 1.165) is 17.1 Å². The minimum Gasteiger partial charge on any atom is -0.477 e. The first-order valence-corrected chi connectivity index (χ1v) is 8.88. The highest BCUT2D eigenvalue weighted by molar-refractivity contribution is 7.17. The van der Waals surface area contributed by atoms with Crippen LogP contribution in [-0.4, -0.2) is 16.1 Å². The van der Waals surface area contributed by atoms with Crippen LogP contribution in [0.15, 0.2) is 42.5 Å². The molecule has 0 radical (unpaired) electrons. The lowest BCUT2D eigenvalue weighted by molar-refractivity contribution is 0.0701. The van der Waals surface area contributed by atoms with E-state index in [9.17, 15) is 9.90 Å². The molecule has 0 aliphatic heterocycles. The Balaban J connectivity index is 1.82. The molecule has 25 heavy (non-hydrogen) atoms. The summed E-state index contributed by atoms with van der Waals surface area (Å²) in [5.41, 5.74) is 3.93. The predicted octanol–water partition coefficient (Wildman–Crippen LogP) is 5.48. The van der Waals surface area contributed by atoms with Crippen molar-refractivity contribution in [2.45, 2.75) is 27.2 Å². The zero-order valence-electron chi connectivity index (χ0n) is 14.4. The highest BCUT2D eigenvalue weighted by atomic mass is 32.1. The second-order valence-electron chi connectivity index (χ2n) is 5.83. The van der Waals surface area contributed by atoms with Gasteiger partial charge in [0.1, 0.15) is 21.4 Å². The highest BCUT2D eigenvalue weighted by Gasteiger charge is 2.16. The van der Waals surface area contributed by atoms with Gasteiger partial charge in [-0.2, -0.15) is 0 Å². The van der Waals surface area contributed by atoms with Crippen molar-refractivity contribution in [2.24, 2.45) is 0 Å². The molecule has 0 saturated carbocycles. The third-order valence-electron chi connectivity index (χ3n) is 4.04. The number of thiazole rings is 1. The Morgan fingerprint density at radius 2 is 1.76 bits per heavy atom. The van der Waals surface area contributed by atoms with Crippen molar-refractivity contribution in [1.29, 1.82) is 0 Å². The number of carboxylic acid groups (broad SMARTS) is 1. The van der Waals surface area contributed by atoms with Crippen molar-refractivity contribution in [2.75, 3.05) is 0 Å². The average molecular weight is 353 g/mol. The molecule has 0 bridgehead atoms. The standard InChI is InChI=1S/C20H19NO3S/c1-4-17-18(20(22)23)25-19(21-17)14-6-9-15(10-7-14)24-16-8-5-12(2)13(3)11-16/h5-11H,4H2,1-3H3,(H,22,23). The summed E-state index contributed by atoms with van der Waals surface area (Å²) < 4.78 is 5.88. The molecule has 0 atom stereocenters. The van der Waals surface area contributed by atoms with Gasteiger partial charge in [-0.15, -0.1) is 11.3 Å². The van der Waals surface area contributed by atoms with Crippen LogP contribution in [0.3, 0.4) is 0 Å². The van der Waals surface area contributed by atoms with Gasteiger partial charge in [0.25, 0.3) is 0 Å². The summed E-state index contributed by atoms with van der Waals surface area (Å²) in [7, 11) is 0. The molecule has 5 heteroatoms. The van der Waals surface area contributed by atoms with E-state index in [1.165, 1.54) is 22.5 Å². The zero-order chi connectivity index (χ0) is 18.0. The van der Waals surface area contributed by atoms with E-state index in [1.54, 1.807) is 0 Å². The summed E-state index contributed by atoms with van der Waals surface area (Å²) in [6, 6.07) is 13.5. The van der Waals surface area contributed by atoms with E-state index < -0.39 is 5.97 Å². The number of aromatic carboxylic acids is 1. The maximum atomic E-state index is 11.3. The normalized spacial score (nSPS) is 10.7. The van der Waals surface area contributed by atoms with Crippen LogP contribution in [0.25, 0.3) is 10.6 Å². The van der Waals surface area contributed by atoms with Crippen LogP contribution in [0.4, 0.5) is 0 Å². The fraction of sp³-hybridized carbons (Fsp3) is 0.200. The lowest BCUT2D eigenvalue weighted by Crippen LogP contribution is -1.97. The smallest absolute Gasteiger partial charge is 0.347 e. The quantitative estimate of drug-likeness (QED) is 0.660. The topological polar surface area (TPSA) is 59.4 Å². The molecule has 3 rings (SSSR count). The molecular weight excluding hydrogens is 334 g/mol. The lowest BCUT2D eigenvalue weighted by atomic mass is 10.1. The van der Waals surface area contributed by atoms with Crippen LogP contribution in [0.1, 0.15) is 33.4 Å². The first-order valence-electron chi connectivity index (χ1n) is 8.06. The van der Waals surface area contributed by atoms with Gasteiger partial charge in [0, 0.05) is 5.56 Å². The first-order chi connectivity index (χ1) is 12.0. The van der Waals surface area contributed by atoms with Gasteiger partial charge in [0.05, 0.1) is 5.69 Å². The molecule has 1 aromatic heterocycles. The summed E-state index contributed by atoms with van der Waals surface area (Å²) in [5, 5.41) is 9.97. The van der Waals surface area contributed by atoms with Crippen molar-refractivity contribution in [1.82, 2.24) is 4.98 Å². The van der Waals surface area contributed by atoms with Gasteiger partial charge >= 0.3 is 5.97 Å². The Morgan fingerprint density at radius 1 is 1.08 bits per heavy atom. The number of hydrogen-bond acceptors (Lipinski definition) is 4. The SMILES string of the molecule is CCc1nc(-c2ccc(Oc3ccc(C)c(C)c3)cc2)sc1C(=O)O. The fourth-order valence-electron chi connectivity index (χ4n) is 2.46. The van der Waals surface area contributed by atoms with Gasteiger partial charge in [-0.3, -0.25) is 0 Å². The maximum Gasteiger partial charge on any atom is 0.347 e. The second kappa shape index (κ2) is 7.07. The number of carboxylic acids is 1. The number of aromatic nitrogens is 1. The molecule has 0 fully saturated rings. The van der Waals surface area contributed by atoms with E-state index in [4.69, 9.17) is 4.74 Å². The minimum atomic E-state index is -0.921. The molecule has 0 spiro atoms. The van der Waals surface area contributed by atoms with Crippen LogP contribution < -0.4 is 4.74 Å². The molecule has 1 N–H and O–H groups in total. The van der Waals surface area contributed by atoms with Gasteiger partial charge in [0.2, 0.25) is 0 Å². The largest absolute Gasteiger partial charge is 0.477 e. The first kappa shape index (κ1) is 17.2. The Labute approximate surface area is 150 Å². The molecule has 0 saturated heterocycles. The molecule has 0 aliphatic rings.